The topological polar surface area (TPSA) is 76.7 Å². The van der Waals surface area contributed by atoms with Crippen molar-refractivity contribution in [3.63, 3.8) is 0 Å². The summed E-state index contributed by atoms with van der Waals surface area (Å²) in [5.41, 5.74) is 5.67. The Labute approximate surface area is 166 Å². The third-order valence-corrected chi connectivity index (χ3v) is 3.86. The summed E-state index contributed by atoms with van der Waals surface area (Å²) in [5, 5.41) is 0. The number of amides is 2. The molecule has 0 bridgehead atoms. The lowest BCUT2D eigenvalue weighted by atomic mass is 10.1. The molecule has 0 aromatic heterocycles. The Morgan fingerprint density at radius 3 is 1.68 bits per heavy atom. The predicted molar refractivity (Wildman–Crippen MR) is 109 cm³/mol. The number of hydrogen-bond donors (Lipinski definition) is 2. The smallest absolute Gasteiger partial charge is 0.269 e. The molecule has 0 spiro atoms. The number of hydrogen-bond acceptors (Lipinski definition) is 4. The molecule has 28 heavy (non-hydrogen) atoms. The van der Waals surface area contributed by atoms with Crippen LogP contribution in [-0.2, 0) is 0 Å². The Kier molecular flexibility index (Phi) is 7.87. The molecular formula is C22H28N2O4. The fourth-order valence-electron chi connectivity index (χ4n) is 2.33. The molecule has 0 heterocycles. The van der Waals surface area contributed by atoms with Crippen molar-refractivity contribution in [1.29, 1.82) is 0 Å². The molecule has 0 aliphatic heterocycles. The van der Waals surface area contributed by atoms with Crippen LogP contribution in [0.4, 0.5) is 0 Å². The number of carbonyl (C=O) groups is 2. The second-order valence-corrected chi connectivity index (χ2v) is 7.15. The number of ether oxygens (including phenoxy) is 2. The molecule has 0 unspecified atom stereocenters. The molecule has 0 radical (unpaired) electrons. The van der Waals surface area contributed by atoms with Gasteiger partial charge in [0.2, 0.25) is 0 Å². The lowest BCUT2D eigenvalue weighted by Crippen LogP contribution is -2.41. The summed E-state index contributed by atoms with van der Waals surface area (Å²) >= 11 is 0. The summed E-state index contributed by atoms with van der Waals surface area (Å²) < 4.78 is 11.2. The van der Waals surface area contributed by atoms with Crippen molar-refractivity contribution in [2.75, 3.05) is 6.61 Å². The van der Waals surface area contributed by atoms with Gasteiger partial charge in [-0.15, -0.1) is 0 Å². The normalized spacial score (nSPS) is 10.6. The van der Waals surface area contributed by atoms with Crippen LogP contribution in [0.1, 0.15) is 54.8 Å². The third kappa shape index (κ3) is 6.95. The first-order chi connectivity index (χ1) is 13.3. The van der Waals surface area contributed by atoms with Crippen molar-refractivity contribution in [2.45, 2.75) is 40.2 Å². The number of hydrazine groups is 1. The van der Waals surface area contributed by atoms with Gasteiger partial charge in [0, 0.05) is 11.1 Å². The second kappa shape index (κ2) is 10.3. The molecule has 6 nitrogen and oxygen atoms in total. The molecule has 2 rings (SSSR count). The summed E-state index contributed by atoms with van der Waals surface area (Å²) in [6, 6.07) is 13.5. The summed E-state index contributed by atoms with van der Waals surface area (Å²) in [5.74, 6) is 1.17. The van der Waals surface area contributed by atoms with Crippen LogP contribution < -0.4 is 20.3 Å². The van der Waals surface area contributed by atoms with Crippen LogP contribution >= 0.6 is 0 Å². The van der Waals surface area contributed by atoms with E-state index in [1.807, 2.05) is 13.8 Å². The molecule has 0 saturated heterocycles. The van der Waals surface area contributed by atoms with Gasteiger partial charge in [0.15, 0.2) is 0 Å². The number of nitrogens with one attached hydrogen (secondary N) is 2. The van der Waals surface area contributed by atoms with E-state index in [-0.39, 0.29) is 6.10 Å². The zero-order valence-corrected chi connectivity index (χ0v) is 16.8. The van der Waals surface area contributed by atoms with Crippen LogP contribution in [0.5, 0.6) is 11.5 Å². The summed E-state index contributed by atoms with van der Waals surface area (Å²) in [6.07, 6.45) is 1.03. The van der Waals surface area contributed by atoms with Gasteiger partial charge in [0.05, 0.1) is 12.7 Å². The Morgan fingerprint density at radius 2 is 1.25 bits per heavy atom. The van der Waals surface area contributed by atoms with Gasteiger partial charge in [-0.2, -0.15) is 0 Å². The summed E-state index contributed by atoms with van der Waals surface area (Å²) in [6.45, 7) is 8.78. The van der Waals surface area contributed by atoms with Crippen LogP contribution in [0, 0.1) is 5.92 Å². The lowest BCUT2D eigenvalue weighted by Gasteiger charge is -2.11. The molecule has 0 aliphatic rings. The molecule has 0 atom stereocenters. The van der Waals surface area contributed by atoms with E-state index >= 15 is 0 Å². The van der Waals surface area contributed by atoms with Crippen molar-refractivity contribution in [2.24, 2.45) is 5.92 Å². The monoisotopic (exact) mass is 384 g/mol. The van der Waals surface area contributed by atoms with Crippen molar-refractivity contribution in [3.8, 4) is 11.5 Å². The number of carbonyl (C=O) groups excluding carboxylic acids is 2. The highest BCUT2D eigenvalue weighted by molar-refractivity contribution is 5.99. The molecule has 2 aromatic rings. The van der Waals surface area contributed by atoms with Crippen LogP contribution in [0.15, 0.2) is 48.5 Å². The van der Waals surface area contributed by atoms with Gasteiger partial charge < -0.3 is 9.47 Å². The van der Waals surface area contributed by atoms with Gasteiger partial charge in [-0.1, -0.05) is 13.8 Å². The number of benzene rings is 2. The highest BCUT2D eigenvalue weighted by atomic mass is 16.5. The van der Waals surface area contributed by atoms with Crippen LogP contribution in [0.2, 0.25) is 0 Å². The standard InChI is InChI=1S/C22H28N2O4/c1-15(2)13-14-27-19-9-5-17(6-10-19)21(25)23-24-22(26)18-7-11-20(12-8-18)28-16(3)4/h5-12,15-16H,13-14H2,1-4H3,(H,23,25)(H,24,26). The number of rotatable bonds is 8. The SMILES string of the molecule is CC(C)CCOc1ccc(C(=O)NNC(=O)c2ccc(OC(C)C)cc2)cc1. The van der Waals surface area contributed by atoms with Gasteiger partial charge in [-0.3, -0.25) is 20.4 Å². The van der Waals surface area contributed by atoms with E-state index in [0.29, 0.717) is 35.2 Å². The van der Waals surface area contributed by atoms with Crippen molar-refractivity contribution < 1.29 is 19.1 Å². The average Bonchev–Trinajstić information content (AvgIpc) is 2.66. The van der Waals surface area contributed by atoms with E-state index in [9.17, 15) is 9.59 Å². The predicted octanol–water partition coefficient (Wildman–Crippen LogP) is 3.97. The molecule has 2 aromatic carbocycles. The minimum atomic E-state index is -0.405. The molecular weight excluding hydrogens is 356 g/mol. The third-order valence-electron chi connectivity index (χ3n) is 3.86. The van der Waals surface area contributed by atoms with Gasteiger partial charge in [-0.05, 0) is 74.7 Å². The first kappa shape index (κ1) is 21.3. The van der Waals surface area contributed by atoms with Crippen molar-refractivity contribution in [1.82, 2.24) is 10.9 Å². The van der Waals surface area contributed by atoms with E-state index in [1.165, 1.54) is 0 Å². The van der Waals surface area contributed by atoms with Gasteiger partial charge in [0.1, 0.15) is 11.5 Å². The minimum absolute atomic E-state index is 0.0611. The van der Waals surface area contributed by atoms with Crippen LogP contribution in [0.25, 0.3) is 0 Å². The first-order valence-electron chi connectivity index (χ1n) is 9.45. The van der Waals surface area contributed by atoms with Crippen molar-refractivity contribution in [3.05, 3.63) is 59.7 Å². The van der Waals surface area contributed by atoms with E-state index in [2.05, 4.69) is 24.7 Å². The molecule has 2 amide bonds. The fraction of sp³-hybridized carbons (Fsp3) is 0.364. The van der Waals surface area contributed by atoms with E-state index in [1.54, 1.807) is 48.5 Å². The average molecular weight is 384 g/mol. The minimum Gasteiger partial charge on any atom is -0.494 e. The maximum atomic E-state index is 12.2. The molecule has 0 saturated carbocycles. The highest BCUT2D eigenvalue weighted by Gasteiger charge is 2.10. The lowest BCUT2D eigenvalue weighted by molar-refractivity contribution is 0.0846. The Hall–Kier alpha value is -3.02. The zero-order chi connectivity index (χ0) is 20.5. The highest BCUT2D eigenvalue weighted by Crippen LogP contribution is 2.14. The van der Waals surface area contributed by atoms with Crippen LogP contribution in [0.3, 0.4) is 0 Å². The second-order valence-electron chi connectivity index (χ2n) is 7.15. The Morgan fingerprint density at radius 1 is 0.786 bits per heavy atom. The zero-order valence-electron chi connectivity index (χ0n) is 16.8. The van der Waals surface area contributed by atoms with Gasteiger partial charge in [0.25, 0.3) is 11.8 Å². The van der Waals surface area contributed by atoms with Crippen LogP contribution in [-0.4, -0.2) is 24.5 Å². The molecule has 2 N–H and O–H groups in total. The summed E-state index contributed by atoms with van der Waals surface area (Å²) in [7, 11) is 0. The maximum absolute atomic E-state index is 12.2. The summed E-state index contributed by atoms with van der Waals surface area (Å²) in [4.78, 5) is 24.3. The first-order valence-corrected chi connectivity index (χ1v) is 9.45. The van der Waals surface area contributed by atoms with E-state index < -0.39 is 11.8 Å². The van der Waals surface area contributed by atoms with Crippen molar-refractivity contribution >= 4 is 11.8 Å². The largest absolute Gasteiger partial charge is 0.494 e. The van der Waals surface area contributed by atoms with Gasteiger partial charge >= 0.3 is 0 Å². The Bertz CT molecular complexity index is 768. The molecule has 0 aliphatic carbocycles. The Balaban J connectivity index is 1.83. The maximum Gasteiger partial charge on any atom is 0.269 e. The molecule has 6 heteroatoms. The quantitative estimate of drug-likeness (QED) is 0.675. The van der Waals surface area contributed by atoms with Gasteiger partial charge in [-0.25, -0.2) is 0 Å². The molecule has 0 fully saturated rings. The molecule has 150 valence electrons. The van der Waals surface area contributed by atoms with E-state index in [0.717, 1.165) is 6.42 Å². The fourth-order valence-corrected chi connectivity index (χ4v) is 2.33. The van der Waals surface area contributed by atoms with E-state index in [4.69, 9.17) is 9.47 Å².